The largest absolute Gasteiger partial charge is 0.481 e. The van der Waals surface area contributed by atoms with Crippen LogP contribution in [0.1, 0.15) is 27.2 Å². The topological polar surface area (TPSA) is 77.8 Å². The van der Waals surface area contributed by atoms with Gasteiger partial charge in [-0.3, -0.25) is 9.59 Å². The Kier molecular flexibility index (Phi) is 6.46. The van der Waals surface area contributed by atoms with Gasteiger partial charge in [0, 0.05) is 13.0 Å². The molecule has 0 rings (SSSR count). The molecule has 0 radical (unpaired) electrons. The van der Waals surface area contributed by atoms with Crippen molar-refractivity contribution in [3.8, 4) is 0 Å². The molecule has 20 heavy (non-hydrogen) atoms. The van der Waals surface area contributed by atoms with Gasteiger partial charge < -0.3 is 15.1 Å². The molecule has 0 aliphatic heterocycles. The molecule has 0 fully saturated rings. The van der Waals surface area contributed by atoms with Crippen molar-refractivity contribution < 1.29 is 33.0 Å². The van der Waals surface area contributed by atoms with E-state index >= 15 is 0 Å². The summed E-state index contributed by atoms with van der Waals surface area (Å²) in [6.07, 6.45) is -5.14. The number of nitrogens with zero attached hydrogens (tertiary/aromatic N) is 1. The minimum absolute atomic E-state index is 0.425. The SMILES string of the molecule is CC(C)C(C)(CC(=O)N(CCO)CC(F)(F)F)C(=O)O. The van der Waals surface area contributed by atoms with Crippen LogP contribution in [0.25, 0.3) is 0 Å². The number of alkyl halides is 3. The molecule has 118 valence electrons. The van der Waals surface area contributed by atoms with Crippen molar-refractivity contribution in [1.29, 1.82) is 0 Å². The molecular weight excluding hydrogens is 279 g/mol. The molecule has 0 aromatic heterocycles. The summed E-state index contributed by atoms with van der Waals surface area (Å²) >= 11 is 0. The van der Waals surface area contributed by atoms with E-state index in [2.05, 4.69) is 0 Å². The molecule has 0 spiro atoms. The number of aliphatic hydroxyl groups is 1. The fourth-order valence-electron chi connectivity index (χ4n) is 1.58. The lowest BCUT2D eigenvalue weighted by Crippen LogP contribution is -2.45. The zero-order valence-corrected chi connectivity index (χ0v) is 11.7. The van der Waals surface area contributed by atoms with E-state index in [9.17, 15) is 22.8 Å². The first-order valence-corrected chi connectivity index (χ1v) is 6.13. The molecule has 8 heteroatoms. The molecule has 1 amide bonds. The van der Waals surface area contributed by atoms with Gasteiger partial charge in [0.05, 0.1) is 12.0 Å². The van der Waals surface area contributed by atoms with Crippen molar-refractivity contribution in [3.05, 3.63) is 0 Å². The molecule has 0 aromatic carbocycles. The number of carboxylic acids is 1. The van der Waals surface area contributed by atoms with E-state index < -0.39 is 55.5 Å². The van der Waals surface area contributed by atoms with E-state index in [1.807, 2.05) is 0 Å². The maximum atomic E-state index is 12.3. The monoisotopic (exact) mass is 299 g/mol. The van der Waals surface area contributed by atoms with Crippen LogP contribution in [0.3, 0.4) is 0 Å². The van der Waals surface area contributed by atoms with E-state index in [1.54, 1.807) is 13.8 Å². The van der Waals surface area contributed by atoms with Gasteiger partial charge in [-0.15, -0.1) is 0 Å². The molecule has 1 atom stereocenters. The Morgan fingerprint density at radius 2 is 1.75 bits per heavy atom. The highest BCUT2D eigenvalue weighted by Crippen LogP contribution is 2.32. The molecule has 0 bridgehead atoms. The number of amides is 1. The van der Waals surface area contributed by atoms with E-state index in [0.29, 0.717) is 4.90 Å². The Bertz CT molecular complexity index is 357. The van der Waals surface area contributed by atoms with Gasteiger partial charge in [-0.05, 0) is 12.8 Å². The standard InChI is InChI=1S/C12H20F3NO4/c1-8(2)11(3,10(19)20)6-9(18)16(4-5-17)7-12(13,14)15/h8,17H,4-7H2,1-3H3,(H,19,20). The van der Waals surface area contributed by atoms with Crippen LogP contribution in [-0.2, 0) is 9.59 Å². The molecule has 1 unspecified atom stereocenters. The van der Waals surface area contributed by atoms with Crippen LogP contribution in [0.4, 0.5) is 13.2 Å². The van der Waals surface area contributed by atoms with Crippen LogP contribution in [0, 0.1) is 11.3 Å². The maximum Gasteiger partial charge on any atom is 0.406 e. The predicted octanol–water partition coefficient (Wildman–Crippen LogP) is 1.51. The Labute approximate surface area is 115 Å². The maximum absolute atomic E-state index is 12.3. The van der Waals surface area contributed by atoms with Crippen LogP contribution in [0.15, 0.2) is 0 Å². The normalized spacial score (nSPS) is 15.0. The third-order valence-corrected chi connectivity index (χ3v) is 3.37. The van der Waals surface area contributed by atoms with E-state index in [0.717, 1.165) is 0 Å². The molecule has 0 aliphatic rings. The molecule has 0 saturated heterocycles. The summed E-state index contributed by atoms with van der Waals surface area (Å²) in [4.78, 5) is 23.5. The van der Waals surface area contributed by atoms with E-state index in [-0.39, 0.29) is 0 Å². The summed E-state index contributed by atoms with van der Waals surface area (Å²) in [5.74, 6) is -2.60. The van der Waals surface area contributed by atoms with Crippen molar-refractivity contribution in [2.45, 2.75) is 33.4 Å². The number of carbonyl (C=O) groups is 2. The highest BCUT2D eigenvalue weighted by atomic mass is 19.4. The second-order valence-corrected chi connectivity index (χ2v) is 5.21. The van der Waals surface area contributed by atoms with Gasteiger partial charge in [0.2, 0.25) is 5.91 Å². The molecular formula is C12H20F3NO4. The fourth-order valence-corrected chi connectivity index (χ4v) is 1.58. The summed E-state index contributed by atoms with van der Waals surface area (Å²) < 4.78 is 37.0. The van der Waals surface area contributed by atoms with Gasteiger partial charge in [-0.2, -0.15) is 13.2 Å². The number of aliphatic carboxylic acids is 1. The number of carboxylic acid groups (broad SMARTS) is 1. The number of hydrogen-bond acceptors (Lipinski definition) is 3. The smallest absolute Gasteiger partial charge is 0.406 e. The zero-order chi connectivity index (χ0) is 16.1. The Balaban J connectivity index is 5.04. The first kappa shape index (κ1) is 18.7. The average Bonchev–Trinajstić information content (AvgIpc) is 2.25. The van der Waals surface area contributed by atoms with Crippen molar-refractivity contribution in [1.82, 2.24) is 4.90 Å². The van der Waals surface area contributed by atoms with Crippen LogP contribution < -0.4 is 0 Å². The summed E-state index contributed by atoms with van der Waals surface area (Å²) in [7, 11) is 0. The quantitative estimate of drug-likeness (QED) is 0.747. The number of hydrogen-bond donors (Lipinski definition) is 2. The second-order valence-electron chi connectivity index (χ2n) is 5.21. The van der Waals surface area contributed by atoms with Crippen LogP contribution >= 0.6 is 0 Å². The first-order valence-electron chi connectivity index (χ1n) is 6.13. The third kappa shape index (κ3) is 5.36. The molecule has 0 saturated carbocycles. The van der Waals surface area contributed by atoms with E-state index in [1.165, 1.54) is 6.92 Å². The van der Waals surface area contributed by atoms with E-state index in [4.69, 9.17) is 10.2 Å². The zero-order valence-electron chi connectivity index (χ0n) is 11.7. The first-order chi connectivity index (χ1) is 8.94. The van der Waals surface area contributed by atoms with Gasteiger partial charge in [0.25, 0.3) is 0 Å². The molecule has 0 aromatic rings. The predicted molar refractivity (Wildman–Crippen MR) is 64.9 cm³/mol. The molecule has 0 aliphatic carbocycles. The lowest BCUT2D eigenvalue weighted by molar-refractivity contribution is -0.167. The summed E-state index contributed by atoms with van der Waals surface area (Å²) in [6, 6.07) is 0. The number of halogens is 3. The van der Waals surface area contributed by atoms with Crippen LogP contribution in [0.2, 0.25) is 0 Å². The third-order valence-electron chi connectivity index (χ3n) is 3.37. The fraction of sp³-hybridized carbons (Fsp3) is 0.833. The highest BCUT2D eigenvalue weighted by Gasteiger charge is 2.41. The number of carbonyl (C=O) groups excluding carboxylic acids is 1. The Morgan fingerprint density at radius 3 is 2.05 bits per heavy atom. The van der Waals surface area contributed by atoms with Crippen molar-refractivity contribution in [3.63, 3.8) is 0 Å². The van der Waals surface area contributed by atoms with Crippen molar-refractivity contribution in [2.24, 2.45) is 11.3 Å². The minimum atomic E-state index is -4.59. The Hall–Kier alpha value is -1.31. The van der Waals surface area contributed by atoms with Crippen LogP contribution in [-0.4, -0.2) is 52.9 Å². The lowest BCUT2D eigenvalue weighted by Gasteiger charge is -2.31. The average molecular weight is 299 g/mol. The van der Waals surface area contributed by atoms with Crippen molar-refractivity contribution in [2.75, 3.05) is 19.7 Å². The summed E-state index contributed by atoms with van der Waals surface area (Å²) in [5.41, 5.74) is -1.45. The summed E-state index contributed by atoms with van der Waals surface area (Å²) in [5, 5.41) is 17.9. The molecule has 5 nitrogen and oxygen atoms in total. The van der Waals surface area contributed by atoms with Gasteiger partial charge >= 0.3 is 12.1 Å². The van der Waals surface area contributed by atoms with Gasteiger partial charge in [-0.25, -0.2) is 0 Å². The molecule has 2 N–H and O–H groups in total. The highest BCUT2D eigenvalue weighted by molar-refractivity contribution is 5.85. The number of aliphatic hydroxyl groups excluding tert-OH is 1. The second kappa shape index (κ2) is 6.92. The van der Waals surface area contributed by atoms with Crippen molar-refractivity contribution >= 4 is 11.9 Å². The van der Waals surface area contributed by atoms with Gasteiger partial charge in [0.15, 0.2) is 0 Å². The Morgan fingerprint density at radius 1 is 1.25 bits per heavy atom. The lowest BCUT2D eigenvalue weighted by atomic mass is 9.76. The van der Waals surface area contributed by atoms with Crippen LogP contribution in [0.5, 0.6) is 0 Å². The summed E-state index contributed by atoms with van der Waals surface area (Å²) in [6.45, 7) is 1.89. The molecule has 0 heterocycles. The van der Waals surface area contributed by atoms with Gasteiger partial charge in [0.1, 0.15) is 6.54 Å². The number of rotatable bonds is 7. The van der Waals surface area contributed by atoms with Gasteiger partial charge in [-0.1, -0.05) is 13.8 Å². The minimum Gasteiger partial charge on any atom is -0.481 e.